The number of piperazine rings is 1. The number of hydrogen-bond acceptors (Lipinski definition) is 5. The van der Waals surface area contributed by atoms with Crippen molar-refractivity contribution in [2.24, 2.45) is 0 Å². The van der Waals surface area contributed by atoms with Gasteiger partial charge in [-0.2, -0.15) is 4.98 Å². The minimum Gasteiger partial charge on any atom is -0.611 e. The highest BCUT2D eigenvalue weighted by Crippen LogP contribution is 2.34. The predicted octanol–water partition coefficient (Wildman–Crippen LogP) is 4.55. The minimum atomic E-state index is -1.44. The maximum atomic E-state index is 14.3. The summed E-state index contributed by atoms with van der Waals surface area (Å²) >= 11 is -1.44. The van der Waals surface area contributed by atoms with Crippen molar-refractivity contribution in [3.8, 4) is 23.0 Å². The molecule has 1 aliphatic heterocycles. The van der Waals surface area contributed by atoms with Gasteiger partial charge in [0.15, 0.2) is 10.6 Å². The van der Waals surface area contributed by atoms with E-state index in [-0.39, 0.29) is 43.0 Å². The number of aromatic nitrogens is 2. The van der Waals surface area contributed by atoms with Crippen molar-refractivity contribution in [2.45, 2.75) is 17.9 Å². The van der Waals surface area contributed by atoms with E-state index in [4.69, 9.17) is 9.72 Å². The number of amides is 2. The van der Waals surface area contributed by atoms with Crippen LogP contribution in [0.1, 0.15) is 17.4 Å². The van der Waals surface area contributed by atoms with Gasteiger partial charge < -0.3 is 24.2 Å². The largest absolute Gasteiger partial charge is 0.611 e. The van der Waals surface area contributed by atoms with Gasteiger partial charge >= 0.3 is 12.1 Å². The summed E-state index contributed by atoms with van der Waals surface area (Å²) in [5.74, 6) is -0.271. The molecule has 10 heteroatoms. The Morgan fingerprint density at radius 3 is 2.23 bits per heavy atom. The number of hydrogen-bond donors (Lipinski definition) is 1. The second-order valence-corrected chi connectivity index (χ2v) is 10.8. The zero-order chi connectivity index (χ0) is 28.1. The quantitative estimate of drug-likeness (QED) is 0.318. The molecule has 1 aromatic heterocycles. The molecule has 1 aliphatic rings. The van der Waals surface area contributed by atoms with Crippen LogP contribution in [0.15, 0.2) is 95.9 Å². The molecule has 9 nitrogen and oxygen atoms in total. The molecule has 2 amide bonds. The van der Waals surface area contributed by atoms with Crippen molar-refractivity contribution in [2.75, 3.05) is 32.0 Å². The van der Waals surface area contributed by atoms with E-state index in [1.54, 1.807) is 29.2 Å². The average molecular weight is 559 g/mol. The highest BCUT2D eigenvalue weighted by molar-refractivity contribution is 7.91. The molecule has 1 unspecified atom stereocenters. The fourth-order valence-corrected chi connectivity index (χ4v) is 6.16. The minimum absolute atomic E-state index is 0.0536. The normalized spacial score (nSPS) is 16.0. The molecule has 0 spiro atoms. The smallest absolute Gasteiger partial charge is 0.407 e. The first-order valence-electron chi connectivity index (χ1n) is 13.1. The van der Waals surface area contributed by atoms with Crippen LogP contribution in [0, 0.1) is 0 Å². The molecule has 0 aliphatic carbocycles. The summed E-state index contributed by atoms with van der Waals surface area (Å²) in [4.78, 5) is 34.4. The second kappa shape index (κ2) is 12.3. The van der Waals surface area contributed by atoms with Crippen LogP contribution in [0.5, 0.6) is 6.01 Å². The molecule has 1 N–H and O–H groups in total. The highest BCUT2D eigenvalue weighted by Gasteiger charge is 2.39. The molecule has 2 atom stereocenters. The third-order valence-electron chi connectivity index (χ3n) is 6.75. The van der Waals surface area contributed by atoms with Gasteiger partial charge in [-0.15, -0.1) is 0 Å². The summed E-state index contributed by atoms with van der Waals surface area (Å²) in [6.07, 6.45) is -1.07. The van der Waals surface area contributed by atoms with Crippen LogP contribution in [-0.2, 0) is 11.2 Å². The number of carbonyl (C=O) groups excluding carboxylic acids is 1. The molecule has 1 fully saturated rings. The van der Waals surface area contributed by atoms with E-state index in [1.165, 1.54) is 4.90 Å². The van der Waals surface area contributed by atoms with Gasteiger partial charge in [0.2, 0.25) is 0 Å². The third-order valence-corrected chi connectivity index (χ3v) is 8.23. The molecule has 4 aromatic rings. The van der Waals surface area contributed by atoms with E-state index >= 15 is 0 Å². The van der Waals surface area contributed by atoms with Crippen molar-refractivity contribution in [3.63, 3.8) is 0 Å². The van der Waals surface area contributed by atoms with Crippen LogP contribution in [0.25, 0.3) is 16.9 Å². The van der Waals surface area contributed by atoms with Crippen molar-refractivity contribution >= 4 is 23.2 Å². The van der Waals surface area contributed by atoms with E-state index in [0.717, 1.165) is 11.3 Å². The number of imidazole rings is 1. The Hall–Kier alpha value is -4.28. The molecular weight excluding hydrogens is 528 g/mol. The van der Waals surface area contributed by atoms with E-state index in [9.17, 15) is 19.2 Å². The first-order chi connectivity index (χ1) is 19.5. The van der Waals surface area contributed by atoms with Crippen LogP contribution in [0.2, 0.25) is 0 Å². The van der Waals surface area contributed by atoms with Gasteiger partial charge in [0.25, 0.3) is 5.91 Å². The lowest BCUT2D eigenvalue weighted by Crippen LogP contribution is -2.58. The van der Waals surface area contributed by atoms with Gasteiger partial charge in [-0.1, -0.05) is 66.7 Å². The fourth-order valence-electron chi connectivity index (χ4n) is 4.87. The van der Waals surface area contributed by atoms with Crippen LogP contribution in [0.4, 0.5) is 4.79 Å². The number of benzene rings is 3. The van der Waals surface area contributed by atoms with E-state index < -0.39 is 23.3 Å². The van der Waals surface area contributed by atoms with Gasteiger partial charge in [0, 0.05) is 25.2 Å². The number of rotatable bonds is 8. The van der Waals surface area contributed by atoms with E-state index in [1.807, 2.05) is 78.2 Å². The topological polar surface area (TPSA) is 111 Å². The van der Waals surface area contributed by atoms with E-state index in [0.29, 0.717) is 17.2 Å². The Bertz CT molecular complexity index is 1450. The maximum absolute atomic E-state index is 14.3. The molecule has 3 aromatic carbocycles. The van der Waals surface area contributed by atoms with Gasteiger partial charge in [0.1, 0.15) is 5.75 Å². The molecule has 0 radical (unpaired) electrons. The molecule has 0 bridgehead atoms. The van der Waals surface area contributed by atoms with Crippen molar-refractivity contribution in [1.82, 2.24) is 19.4 Å². The molecule has 206 valence electrons. The monoisotopic (exact) mass is 558 g/mol. The summed E-state index contributed by atoms with van der Waals surface area (Å²) < 4.78 is 21.0. The maximum Gasteiger partial charge on any atom is 0.407 e. The summed E-state index contributed by atoms with van der Waals surface area (Å²) in [5, 5.41) is 9.68. The molecule has 40 heavy (non-hydrogen) atoms. The average Bonchev–Trinajstić information content (AvgIpc) is 3.37. The van der Waals surface area contributed by atoms with Gasteiger partial charge in [-0.25, -0.2) is 4.79 Å². The highest BCUT2D eigenvalue weighted by atomic mass is 32.2. The zero-order valence-electron chi connectivity index (χ0n) is 22.1. The number of carboxylic acid groups (broad SMARTS) is 1. The molecule has 2 heterocycles. The standard InChI is InChI=1S/C30H30N4O5S/c1-2-39-29-31-26(27(22-12-6-3-7-13-22)34(29)23-14-8-4-9-15-23)28(35)33-19-18-32(30(36)37)20-24(33)21-40(38)25-16-10-5-11-17-25/h3-17,24H,2,18-21H2,1H3,(H,36,37)/t24-,40?/m0/s1. The third kappa shape index (κ3) is 5.68. The molecular formula is C30H30N4O5S. The summed E-state index contributed by atoms with van der Waals surface area (Å²) in [6.45, 7) is 2.56. The number of para-hydroxylation sites is 1. The lowest BCUT2D eigenvalue weighted by Gasteiger charge is -2.39. The van der Waals surface area contributed by atoms with Crippen LogP contribution in [-0.4, -0.2) is 79.0 Å². The molecule has 0 saturated carbocycles. The van der Waals surface area contributed by atoms with E-state index in [2.05, 4.69) is 0 Å². The van der Waals surface area contributed by atoms with Gasteiger partial charge in [-0.3, -0.25) is 9.36 Å². The van der Waals surface area contributed by atoms with Crippen LogP contribution in [0.3, 0.4) is 0 Å². The van der Waals surface area contributed by atoms with Crippen molar-refractivity contribution in [1.29, 1.82) is 0 Å². The lowest BCUT2D eigenvalue weighted by molar-refractivity contribution is 0.0484. The lowest BCUT2D eigenvalue weighted by atomic mass is 10.1. The summed E-state index contributed by atoms with van der Waals surface area (Å²) in [5.41, 5.74) is 2.33. The number of carbonyl (C=O) groups is 2. The fraction of sp³-hybridized carbons (Fsp3) is 0.233. The number of ether oxygens (including phenoxy) is 1. The van der Waals surface area contributed by atoms with Crippen molar-refractivity contribution < 1.29 is 24.0 Å². The zero-order valence-corrected chi connectivity index (χ0v) is 22.9. The summed E-state index contributed by atoms with van der Waals surface area (Å²) in [6, 6.07) is 27.7. The summed E-state index contributed by atoms with van der Waals surface area (Å²) in [7, 11) is 0. The van der Waals surface area contributed by atoms with Crippen molar-refractivity contribution in [3.05, 3.63) is 96.7 Å². The Balaban J connectivity index is 1.58. The Kier molecular flexibility index (Phi) is 8.37. The number of nitrogens with zero attached hydrogens (tertiary/aromatic N) is 4. The second-order valence-electron chi connectivity index (χ2n) is 9.27. The van der Waals surface area contributed by atoms with Gasteiger partial charge in [-0.05, 0) is 42.4 Å². The first kappa shape index (κ1) is 27.3. The molecule has 1 saturated heterocycles. The Morgan fingerprint density at radius 2 is 1.60 bits per heavy atom. The SMILES string of the molecule is CCOc1nc(C(=O)N2CCN(C(=O)O)C[C@H]2C[S+]([O-])c2ccccc2)c(-c2ccccc2)n1-c1ccccc1. The van der Waals surface area contributed by atoms with Crippen LogP contribution >= 0.6 is 0 Å². The van der Waals surface area contributed by atoms with Gasteiger partial charge in [0.05, 0.1) is 24.0 Å². The first-order valence-corrected chi connectivity index (χ1v) is 14.4. The molecule has 5 rings (SSSR count). The Labute approximate surface area is 235 Å². The predicted molar refractivity (Wildman–Crippen MR) is 152 cm³/mol. The van der Waals surface area contributed by atoms with Crippen LogP contribution < -0.4 is 4.74 Å². The Morgan fingerprint density at radius 1 is 0.975 bits per heavy atom.